The molecule has 2 N–H and O–H groups in total. The Morgan fingerprint density at radius 2 is 1.69 bits per heavy atom. The normalized spacial score (nSPS) is 11.5. The summed E-state index contributed by atoms with van der Waals surface area (Å²) < 4.78 is 5.35. The molecule has 0 saturated carbocycles. The van der Waals surface area contributed by atoms with E-state index in [2.05, 4.69) is 10.6 Å². The molecule has 1 atom stereocenters. The van der Waals surface area contributed by atoms with Crippen molar-refractivity contribution in [2.45, 2.75) is 26.1 Å². The Bertz CT molecular complexity index is 1270. The molecule has 0 aliphatic carbocycles. The van der Waals surface area contributed by atoms with Crippen molar-refractivity contribution in [3.63, 3.8) is 0 Å². The van der Waals surface area contributed by atoms with Crippen molar-refractivity contribution >= 4 is 29.1 Å². The van der Waals surface area contributed by atoms with Gasteiger partial charge in [-0.1, -0.05) is 66.2 Å². The number of hydrogen-bond acceptors (Lipinski definition) is 5. The second-order valence-corrected chi connectivity index (χ2v) is 9.23. The summed E-state index contributed by atoms with van der Waals surface area (Å²) >= 11 is 1.30. The van der Waals surface area contributed by atoms with Crippen LogP contribution in [0.15, 0.2) is 94.9 Å². The van der Waals surface area contributed by atoms with Gasteiger partial charge in [0, 0.05) is 6.54 Å². The number of furan rings is 1. The van der Waals surface area contributed by atoms with Crippen molar-refractivity contribution in [1.82, 2.24) is 15.5 Å². The van der Waals surface area contributed by atoms with Crippen LogP contribution in [0.2, 0.25) is 0 Å². The Labute approximate surface area is 213 Å². The van der Waals surface area contributed by atoms with Crippen LogP contribution in [0, 0.1) is 6.92 Å². The van der Waals surface area contributed by atoms with E-state index in [0.29, 0.717) is 16.2 Å². The van der Waals surface area contributed by atoms with Gasteiger partial charge in [-0.05, 0) is 41.6 Å². The molecule has 0 bridgehead atoms. The zero-order valence-electron chi connectivity index (χ0n) is 19.8. The third-order valence-electron chi connectivity index (χ3n) is 5.63. The lowest BCUT2D eigenvalue weighted by molar-refractivity contribution is -0.141. The molecule has 2 heterocycles. The molecule has 36 heavy (non-hydrogen) atoms. The fourth-order valence-corrected chi connectivity index (χ4v) is 4.40. The van der Waals surface area contributed by atoms with Gasteiger partial charge in [-0.25, -0.2) is 0 Å². The van der Waals surface area contributed by atoms with E-state index in [1.807, 2.05) is 61.5 Å². The van der Waals surface area contributed by atoms with E-state index in [4.69, 9.17) is 4.42 Å². The van der Waals surface area contributed by atoms with Crippen LogP contribution in [0.5, 0.6) is 0 Å². The van der Waals surface area contributed by atoms with Gasteiger partial charge in [-0.3, -0.25) is 14.4 Å². The second-order valence-electron chi connectivity index (χ2n) is 8.28. The molecule has 184 valence electrons. The van der Waals surface area contributed by atoms with Crippen molar-refractivity contribution < 1.29 is 18.8 Å². The number of hydrogen-bond donors (Lipinski definition) is 2. The minimum Gasteiger partial charge on any atom is -0.467 e. The van der Waals surface area contributed by atoms with Gasteiger partial charge in [0.25, 0.3) is 5.91 Å². The Kier molecular flexibility index (Phi) is 8.31. The van der Waals surface area contributed by atoms with E-state index in [-0.39, 0.29) is 37.4 Å². The lowest BCUT2D eigenvalue weighted by Gasteiger charge is -2.31. The number of carbonyl (C=O) groups excluding carboxylic acids is 3. The molecular formula is C28H27N3O4S. The number of carbonyl (C=O) groups is 3. The summed E-state index contributed by atoms with van der Waals surface area (Å²) in [4.78, 5) is 41.6. The molecule has 0 fully saturated rings. The Morgan fingerprint density at radius 3 is 2.36 bits per heavy atom. The number of aryl methyl sites for hydroxylation is 1. The van der Waals surface area contributed by atoms with Crippen molar-refractivity contribution in [3.05, 3.63) is 118 Å². The topological polar surface area (TPSA) is 91.7 Å². The Morgan fingerprint density at radius 1 is 0.917 bits per heavy atom. The standard InChI is InChI=1S/C28H27N3O4S/c1-20-11-13-22(14-12-20)26(28(34)29-17-23-9-5-15-35-23)31(19-21-7-3-2-4-8-21)25(32)18-30-27(33)24-10-6-16-36-24/h2-16,26H,17-19H2,1H3,(H,29,34)(H,30,33)/t26-/m1/s1. The van der Waals surface area contributed by atoms with Crippen molar-refractivity contribution in [2.75, 3.05) is 6.54 Å². The highest BCUT2D eigenvalue weighted by Crippen LogP contribution is 2.25. The van der Waals surface area contributed by atoms with Crippen molar-refractivity contribution in [3.8, 4) is 0 Å². The monoisotopic (exact) mass is 501 g/mol. The number of nitrogens with one attached hydrogen (secondary N) is 2. The van der Waals surface area contributed by atoms with Crippen LogP contribution in [0.1, 0.15) is 38.2 Å². The highest BCUT2D eigenvalue weighted by atomic mass is 32.1. The number of amides is 3. The molecule has 0 radical (unpaired) electrons. The highest BCUT2D eigenvalue weighted by molar-refractivity contribution is 7.12. The molecule has 8 heteroatoms. The second kappa shape index (κ2) is 12.0. The van der Waals surface area contributed by atoms with E-state index >= 15 is 0 Å². The predicted molar refractivity (Wildman–Crippen MR) is 138 cm³/mol. The first-order chi connectivity index (χ1) is 17.5. The van der Waals surface area contributed by atoms with E-state index in [1.165, 1.54) is 16.2 Å². The van der Waals surface area contributed by atoms with Crippen LogP contribution in [-0.2, 0) is 22.7 Å². The number of nitrogens with zero attached hydrogens (tertiary/aromatic N) is 1. The maximum Gasteiger partial charge on any atom is 0.261 e. The average molecular weight is 502 g/mol. The molecule has 4 rings (SSSR count). The smallest absolute Gasteiger partial charge is 0.261 e. The molecule has 0 unspecified atom stereocenters. The summed E-state index contributed by atoms with van der Waals surface area (Å²) in [6.07, 6.45) is 1.54. The molecule has 0 saturated heterocycles. The fourth-order valence-electron chi connectivity index (χ4n) is 3.76. The van der Waals surface area contributed by atoms with Gasteiger partial charge in [0.15, 0.2) is 0 Å². The third kappa shape index (κ3) is 6.49. The quantitative estimate of drug-likeness (QED) is 0.336. The van der Waals surface area contributed by atoms with E-state index in [9.17, 15) is 14.4 Å². The van der Waals surface area contributed by atoms with Crippen LogP contribution >= 0.6 is 11.3 Å². The first kappa shape index (κ1) is 24.9. The SMILES string of the molecule is Cc1ccc([C@H](C(=O)NCc2ccco2)N(Cc2ccccc2)C(=O)CNC(=O)c2cccs2)cc1. The first-order valence-electron chi connectivity index (χ1n) is 11.5. The summed E-state index contributed by atoms with van der Waals surface area (Å²) in [5.74, 6) is -0.436. The summed E-state index contributed by atoms with van der Waals surface area (Å²) in [5, 5.41) is 7.39. The maximum absolute atomic E-state index is 13.6. The van der Waals surface area contributed by atoms with E-state index in [0.717, 1.165) is 11.1 Å². The van der Waals surface area contributed by atoms with Gasteiger partial charge in [-0.2, -0.15) is 0 Å². The van der Waals surface area contributed by atoms with Gasteiger partial charge in [0.05, 0.1) is 24.2 Å². The van der Waals surface area contributed by atoms with Crippen LogP contribution < -0.4 is 10.6 Å². The van der Waals surface area contributed by atoms with Gasteiger partial charge < -0.3 is 20.0 Å². The summed E-state index contributed by atoms with van der Waals surface area (Å²) in [6, 6.07) is 23.1. The molecule has 3 amide bonds. The summed E-state index contributed by atoms with van der Waals surface area (Å²) in [7, 11) is 0. The predicted octanol–water partition coefficient (Wildman–Crippen LogP) is 4.47. The zero-order valence-corrected chi connectivity index (χ0v) is 20.7. The third-order valence-corrected chi connectivity index (χ3v) is 6.50. The van der Waals surface area contributed by atoms with Gasteiger partial charge in [-0.15, -0.1) is 11.3 Å². The average Bonchev–Trinajstić information content (AvgIpc) is 3.62. The largest absolute Gasteiger partial charge is 0.467 e. The lowest BCUT2D eigenvalue weighted by atomic mass is 10.0. The number of thiophene rings is 1. The molecular weight excluding hydrogens is 474 g/mol. The number of benzene rings is 2. The van der Waals surface area contributed by atoms with Crippen LogP contribution in [-0.4, -0.2) is 29.2 Å². The molecule has 7 nitrogen and oxygen atoms in total. The maximum atomic E-state index is 13.6. The summed E-state index contributed by atoms with van der Waals surface area (Å²) in [6.45, 7) is 2.11. The van der Waals surface area contributed by atoms with Crippen LogP contribution in [0.3, 0.4) is 0 Å². The Balaban J connectivity index is 1.62. The van der Waals surface area contributed by atoms with Crippen LogP contribution in [0.25, 0.3) is 0 Å². The van der Waals surface area contributed by atoms with Crippen LogP contribution in [0.4, 0.5) is 0 Å². The fraction of sp³-hybridized carbons (Fsp3) is 0.179. The molecule has 0 aliphatic rings. The van der Waals surface area contributed by atoms with Gasteiger partial charge in [0.2, 0.25) is 11.8 Å². The molecule has 4 aromatic rings. The van der Waals surface area contributed by atoms with E-state index in [1.54, 1.807) is 35.9 Å². The summed E-state index contributed by atoms with van der Waals surface area (Å²) in [5.41, 5.74) is 2.58. The molecule has 0 spiro atoms. The lowest BCUT2D eigenvalue weighted by Crippen LogP contribution is -2.46. The van der Waals surface area contributed by atoms with Crippen molar-refractivity contribution in [1.29, 1.82) is 0 Å². The van der Waals surface area contributed by atoms with E-state index < -0.39 is 6.04 Å². The Hall–Kier alpha value is -4.17. The molecule has 2 aromatic heterocycles. The van der Waals surface area contributed by atoms with Gasteiger partial charge in [0.1, 0.15) is 11.8 Å². The molecule has 2 aromatic carbocycles. The van der Waals surface area contributed by atoms with Crippen molar-refractivity contribution in [2.24, 2.45) is 0 Å². The highest BCUT2D eigenvalue weighted by Gasteiger charge is 2.32. The zero-order chi connectivity index (χ0) is 25.3. The minimum absolute atomic E-state index is 0.191. The number of rotatable bonds is 10. The molecule has 0 aliphatic heterocycles. The minimum atomic E-state index is -0.910. The first-order valence-corrected chi connectivity index (χ1v) is 12.4. The van der Waals surface area contributed by atoms with Gasteiger partial charge >= 0.3 is 0 Å².